The highest BCUT2D eigenvalue weighted by Gasteiger charge is 2.41. The molecule has 0 saturated carbocycles. The van der Waals surface area contributed by atoms with Crippen LogP contribution in [0.25, 0.3) is 0 Å². The Hall–Kier alpha value is -1.59. The molecule has 2 aliphatic rings. The first-order chi connectivity index (χ1) is 8.92. The molecule has 0 aromatic heterocycles. The summed E-state index contributed by atoms with van der Waals surface area (Å²) in [5, 5.41) is 11.9. The van der Waals surface area contributed by atoms with E-state index in [9.17, 15) is 19.5 Å². The molecule has 6 nitrogen and oxygen atoms in total. The molecule has 2 rings (SSSR count). The van der Waals surface area contributed by atoms with Crippen molar-refractivity contribution in [2.24, 2.45) is 11.3 Å². The number of piperidine rings is 2. The molecular weight excluding hydrogens is 248 g/mol. The Balaban J connectivity index is 1.99. The zero-order chi connectivity index (χ0) is 14.0. The van der Waals surface area contributed by atoms with Crippen LogP contribution in [0.4, 0.5) is 0 Å². The maximum Gasteiger partial charge on any atom is 0.311 e. The highest BCUT2D eigenvalue weighted by molar-refractivity contribution is 5.84. The summed E-state index contributed by atoms with van der Waals surface area (Å²) in [6, 6.07) is 0. The van der Waals surface area contributed by atoms with Crippen molar-refractivity contribution in [3.8, 4) is 0 Å². The lowest BCUT2D eigenvalue weighted by atomic mass is 9.81. The summed E-state index contributed by atoms with van der Waals surface area (Å²) in [6.07, 6.45) is 2.26. The summed E-state index contributed by atoms with van der Waals surface area (Å²) >= 11 is 0. The van der Waals surface area contributed by atoms with Crippen LogP contribution in [0, 0.1) is 11.3 Å². The third-order valence-electron chi connectivity index (χ3n) is 4.14. The minimum Gasteiger partial charge on any atom is -0.481 e. The van der Waals surface area contributed by atoms with Gasteiger partial charge >= 0.3 is 5.97 Å². The Bertz CT molecular complexity index is 399. The first kappa shape index (κ1) is 13.8. The molecule has 2 aliphatic heterocycles. The van der Waals surface area contributed by atoms with E-state index in [-0.39, 0.29) is 24.3 Å². The number of amides is 2. The maximum atomic E-state index is 12.4. The average Bonchev–Trinajstić information content (AvgIpc) is 2.39. The average molecular weight is 268 g/mol. The molecule has 2 amide bonds. The van der Waals surface area contributed by atoms with E-state index < -0.39 is 11.4 Å². The van der Waals surface area contributed by atoms with E-state index in [1.165, 1.54) is 0 Å². The fraction of sp³-hybridized carbons (Fsp3) is 0.769. The van der Waals surface area contributed by atoms with Crippen LogP contribution < -0.4 is 5.32 Å². The van der Waals surface area contributed by atoms with Crippen LogP contribution in [0.5, 0.6) is 0 Å². The van der Waals surface area contributed by atoms with Gasteiger partial charge in [-0.15, -0.1) is 0 Å². The van der Waals surface area contributed by atoms with Crippen molar-refractivity contribution in [1.29, 1.82) is 0 Å². The van der Waals surface area contributed by atoms with Crippen LogP contribution >= 0.6 is 0 Å². The first-order valence-corrected chi connectivity index (χ1v) is 6.71. The van der Waals surface area contributed by atoms with E-state index in [0.29, 0.717) is 38.8 Å². The van der Waals surface area contributed by atoms with Gasteiger partial charge in [0.1, 0.15) is 0 Å². The lowest BCUT2D eigenvalue weighted by Crippen LogP contribution is -2.52. The molecule has 2 N–H and O–H groups in total. The zero-order valence-corrected chi connectivity index (χ0v) is 11.1. The summed E-state index contributed by atoms with van der Waals surface area (Å²) in [5.41, 5.74) is -0.841. The van der Waals surface area contributed by atoms with E-state index in [0.717, 1.165) is 0 Å². The number of carbonyl (C=O) groups is 3. The Morgan fingerprint density at radius 1 is 1.47 bits per heavy atom. The largest absolute Gasteiger partial charge is 0.481 e. The normalized spacial score (nSPS) is 31.7. The molecule has 6 heteroatoms. The molecule has 2 atom stereocenters. The van der Waals surface area contributed by atoms with Gasteiger partial charge in [0.25, 0.3) is 0 Å². The highest BCUT2D eigenvalue weighted by atomic mass is 16.4. The number of hydrogen-bond acceptors (Lipinski definition) is 3. The predicted octanol–water partition coefficient (Wildman–Crippen LogP) is 0.226. The number of rotatable bonds is 2. The van der Waals surface area contributed by atoms with Gasteiger partial charge in [0, 0.05) is 26.1 Å². The number of hydrogen-bond donors (Lipinski definition) is 2. The number of nitrogens with one attached hydrogen (secondary N) is 1. The lowest BCUT2D eigenvalue weighted by molar-refractivity contribution is -0.154. The molecule has 0 radical (unpaired) electrons. The fourth-order valence-electron chi connectivity index (χ4n) is 2.80. The van der Waals surface area contributed by atoms with E-state index in [1.54, 1.807) is 11.8 Å². The summed E-state index contributed by atoms with van der Waals surface area (Å²) in [4.78, 5) is 36.4. The molecular formula is C13H20N2O4. The minimum atomic E-state index is -0.845. The van der Waals surface area contributed by atoms with Crippen molar-refractivity contribution >= 4 is 17.8 Å². The van der Waals surface area contributed by atoms with Crippen molar-refractivity contribution in [2.75, 3.05) is 19.6 Å². The highest BCUT2D eigenvalue weighted by Crippen LogP contribution is 2.31. The van der Waals surface area contributed by atoms with Gasteiger partial charge in [-0.1, -0.05) is 0 Å². The molecule has 0 aliphatic carbocycles. The Morgan fingerprint density at radius 3 is 2.79 bits per heavy atom. The second kappa shape index (κ2) is 5.19. The van der Waals surface area contributed by atoms with Gasteiger partial charge in [0.2, 0.25) is 11.8 Å². The monoisotopic (exact) mass is 268 g/mol. The topological polar surface area (TPSA) is 86.7 Å². The van der Waals surface area contributed by atoms with Crippen molar-refractivity contribution < 1.29 is 19.5 Å². The zero-order valence-electron chi connectivity index (χ0n) is 11.1. The smallest absolute Gasteiger partial charge is 0.311 e. The second-order valence-electron chi connectivity index (χ2n) is 5.77. The SMILES string of the molecule is CC1(C(=O)O)CCCN(C(=O)C2CCC(=O)NC2)C1. The van der Waals surface area contributed by atoms with Gasteiger partial charge in [-0.25, -0.2) is 0 Å². The van der Waals surface area contributed by atoms with Crippen LogP contribution in [0.1, 0.15) is 32.6 Å². The van der Waals surface area contributed by atoms with Crippen LogP contribution in [0.2, 0.25) is 0 Å². The summed E-state index contributed by atoms with van der Waals surface area (Å²) in [7, 11) is 0. The number of nitrogens with zero attached hydrogens (tertiary/aromatic N) is 1. The number of carboxylic acid groups (broad SMARTS) is 1. The standard InChI is InChI=1S/C13H20N2O4/c1-13(12(18)19)5-2-6-15(8-13)11(17)9-3-4-10(16)14-7-9/h9H,2-8H2,1H3,(H,14,16)(H,18,19). The van der Waals surface area contributed by atoms with Crippen molar-refractivity contribution in [2.45, 2.75) is 32.6 Å². The Kier molecular flexibility index (Phi) is 3.78. The van der Waals surface area contributed by atoms with Crippen LogP contribution in [-0.2, 0) is 14.4 Å². The summed E-state index contributed by atoms with van der Waals surface area (Å²) in [5.74, 6) is -1.08. The van der Waals surface area contributed by atoms with Crippen molar-refractivity contribution in [3.63, 3.8) is 0 Å². The molecule has 0 bridgehead atoms. The van der Waals surface area contributed by atoms with Crippen LogP contribution in [0.3, 0.4) is 0 Å². The van der Waals surface area contributed by atoms with Gasteiger partial charge in [-0.05, 0) is 26.2 Å². The summed E-state index contributed by atoms with van der Waals surface area (Å²) in [6.45, 7) is 2.95. The molecule has 2 fully saturated rings. The van der Waals surface area contributed by atoms with Crippen molar-refractivity contribution in [3.05, 3.63) is 0 Å². The van der Waals surface area contributed by atoms with Gasteiger partial charge in [-0.2, -0.15) is 0 Å². The molecule has 2 heterocycles. The molecule has 0 spiro atoms. The van der Waals surface area contributed by atoms with E-state index >= 15 is 0 Å². The van der Waals surface area contributed by atoms with Gasteiger partial charge in [-0.3, -0.25) is 14.4 Å². The van der Waals surface area contributed by atoms with Gasteiger partial charge < -0.3 is 15.3 Å². The Morgan fingerprint density at radius 2 is 2.21 bits per heavy atom. The number of likely N-dealkylation sites (tertiary alicyclic amines) is 1. The van der Waals surface area contributed by atoms with Gasteiger partial charge in [0.15, 0.2) is 0 Å². The minimum absolute atomic E-state index is 0.0157. The second-order valence-corrected chi connectivity index (χ2v) is 5.77. The molecule has 0 aromatic rings. The number of carbonyl (C=O) groups excluding carboxylic acids is 2. The van der Waals surface area contributed by atoms with Crippen LogP contribution in [-0.4, -0.2) is 47.4 Å². The molecule has 2 saturated heterocycles. The first-order valence-electron chi connectivity index (χ1n) is 6.71. The number of aliphatic carboxylic acids is 1. The predicted molar refractivity (Wildman–Crippen MR) is 67.3 cm³/mol. The maximum absolute atomic E-state index is 12.4. The number of carboxylic acids is 1. The van der Waals surface area contributed by atoms with Crippen molar-refractivity contribution in [1.82, 2.24) is 10.2 Å². The lowest BCUT2D eigenvalue weighted by Gasteiger charge is -2.39. The van der Waals surface area contributed by atoms with Gasteiger partial charge in [0.05, 0.1) is 11.3 Å². The molecule has 0 aromatic carbocycles. The quantitative estimate of drug-likeness (QED) is 0.750. The third kappa shape index (κ3) is 2.88. The van der Waals surface area contributed by atoms with E-state index in [4.69, 9.17) is 0 Å². The van der Waals surface area contributed by atoms with Crippen LogP contribution in [0.15, 0.2) is 0 Å². The Labute approximate surface area is 112 Å². The fourth-order valence-corrected chi connectivity index (χ4v) is 2.80. The summed E-state index contributed by atoms with van der Waals surface area (Å²) < 4.78 is 0. The molecule has 106 valence electrons. The molecule has 2 unspecified atom stereocenters. The van der Waals surface area contributed by atoms with E-state index in [2.05, 4.69) is 5.32 Å². The van der Waals surface area contributed by atoms with E-state index in [1.807, 2.05) is 0 Å². The molecule has 19 heavy (non-hydrogen) atoms. The third-order valence-corrected chi connectivity index (χ3v) is 4.14.